The molecule has 1 unspecified atom stereocenters. The average Bonchev–Trinajstić information content (AvgIpc) is 2.29. The molecule has 1 aliphatic rings. The van der Waals surface area contributed by atoms with Gasteiger partial charge in [0.2, 0.25) is 5.91 Å². The first-order valence-corrected chi connectivity index (χ1v) is 6.78. The Bertz CT molecular complexity index is 258. The molecule has 1 heterocycles. The minimum absolute atomic E-state index is 0. The fraction of sp³-hybridized carbons (Fsp3) is 0.786. The van der Waals surface area contributed by atoms with Crippen LogP contribution in [0.3, 0.4) is 0 Å². The van der Waals surface area contributed by atoms with Crippen LogP contribution in [0.1, 0.15) is 46.0 Å². The van der Waals surface area contributed by atoms with Crippen molar-refractivity contribution in [2.75, 3.05) is 6.54 Å². The Kier molecular flexibility index (Phi) is 9.12. The lowest BCUT2D eigenvalue weighted by Crippen LogP contribution is -2.44. The molecule has 0 aliphatic carbocycles. The Hall–Kier alpha value is -0.540. The Morgan fingerprint density at radius 2 is 2.33 bits per heavy atom. The van der Waals surface area contributed by atoms with E-state index in [4.69, 9.17) is 0 Å². The summed E-state index contributed by atoms with van der Waals surface area (Å²) in [4.78, 5) is 12.0. The number of unbranched alkanes of at least 4 members (excludes halogenated alkanes) is 1. The molecule has 3 nitrogen and oxygen atoms in total. The molecule has 1 rings (SSSR count). The molecule has 4 heteroatoms. The van der Waals surface area contributed by atoms with Gasteiger partial charge in [0.25, 0.3) is 0 Å². The predicted octanol–water partition coefficient (Wildman–Crippen LogP) is 2.66. The number of piperidine rings is 1. The van der Waals surface area contributed by atoms with Gasteiger partial charge < -0.3 is 10.6 Å². The highest BCUT2D eigenvalue weighted by Crippen LogP contribution is 2.16. The van der Waals surface area contributed by atoms with Gasteiger partial charge >= 0.3 is 0 Å². The number of halogens is 1. The molecule has 0 aromatic heterocycles. The molecule has 0 spiro atoms. The van der Waals surface area contributed by atoms with E-state index in [0.717, 1.165) is 38.6 Å². The molecule has 1 fully saturated rings. The van der Waals surface area contributed by atoms with E-state index in [-0.39, 0.29) is 30.3 Å². The first-order valence-electron chi connectivity index (χ1n) is 6.78. The van der Waals surface area contributed by atoms with Crippen molar-refractivity contribution in [2.24, 2.45) is 5.92 Å². The maximum atomic E-state index is 12.0. The fourth-order valence-corrected chi connectivity index (χ4v) is 2.37. The lowest BCUT2D eigenvalue weighted by molar-refractivity contribution is -0.126. The third kappa shape index (κ3) is 6.41. The molecule has 1 amide bonds. The SMILES string of the molecule is C=CCCCC(C)NC(=O)[C@H]1CCN[C@@H](C)C1.Cl. The predicted molar refractivity (Wildman–Crippen MR) is 79.1 cm³/mol. The van der Waals surface area contributed by atoms with Crippen molar-refractivity contribution in [3.63, 3.8) is 0 Å². The normalized spacial score (nSPS) is 24.8. The molecule has 0 aromatic carbocycles. The molecule has 3 atom stereocenters. The molecule has 0 saturated carbocycles. The number of hydrogen-bond donors (Lipinski definition) is 2. The van der Waals surface area contributed by atoms with Crippen LogP contribution in [0.4, 0.5) is 0 Å². The molecular formula is C14H27ClN2O. The lowest BCUT2D eigenvalue weighted by atomic mass is 9.92. The minimum Gasteiger partial charge on any atom is -0.353 e. The zero-order valence-corrected chi connectivity index (χ0v) is 12.4. The van der Waals surface area contributed by atoms with E-state index in [1.54, 1.807) is 0 Å². The summed E-state index contributed by atoms with van der Waals surface area (Å²) in [6.45, 7) is 8.90. The van der Waals surface area contributed by atoms with Crippen molar-refractivity contribution in [1.82, 2.24) is 10.6 Å². The number of amides is 1. The van der Waals surface area contributed by atoms with Crippen LogP contribution in [0.25, 0.3) is 0 Å². The van der Waals surface area contributed by atoms with Crippen LogP contribution < -0.4 is 10.6 Å². The molecule has 0 aromatic rings. The molecule has 1 aliphatic heterocycles. The molecular weight excluding hydrogens is 248 g/mol. The second kappa shape index (κ2) is 9.40. The van der Waals surface area contributed by atoms with Crippen molar-refractivity contribution in [2.45, 2.75) is 58.0 Å². The third-order valence-corrected chi connectivity index (χ3v) is 3.43. The van der Waals surface area contributed by atoms with Crippen LogP contribution in [-0.2, 0) is 4.79 Å². The van der Waals surface area contributed by atoms with Gasteiger partial charge in [-0.3, -0.25) is 4.79 Å². The standard InChI is InChI=1S/C14H26N2O.ClH/c1-4-5-6-7-11(2)16-14(17)13-8-9-15-12(3)10-13;/h4,11-13,15H,1,5-10H2,2-3H3,(H,16,17);1H/t11?,12-,13-;/m0./s1. The van der Waals surface area contributed by atoms with E-state index in [1.807, 2.05) is 6.08 Å². The fourth-order valence-electron chi connectivity index (χ4n) is 2.37. The molecule has 2 N–H and O–H groups in total. The van der Waals surface area contributed by atoms with Crippen molar-refractivity contribution >= 4 is 18.3 Å². The smallest absolute Gasteiger partial charge is 0.223 e. The molecule has 0 bridgehead atoms. The Morgan fingerprint density at radius 1 is 1.61 bits per heavy atom. The Labute approximate surface area is 117 Å². The highest BCUT2D eigenvalue weighted by molar-refractivity contribution is 5.85. The van der Waals surface area contributed by atoms with Crippen LogP contribution in [0.5, 0.6) is 0 Å². The van der Waals surface area contributed by atoms with Crippen LogP contribution in [-0.4, -0.2) is 24.5 Å². The van der Waals surface area contributed by atoms with Gasteiger partial charge in [0.15, 0.2) is 0 Å². The van der Waals surface area contributed by atoms with Crippen LogP contribution in [0.2, 0.25) is 0 Å². The van der Waals surface area contributed by atoms with Crippen LogP contribution >= 0.6 is 12.4 Å². The van der Waals surface area contributed by atoms with Gasteiger partial charge in [0, 0.05) is 18.0 Å². The maximum absolute atomic E-state index is 12.0. The van der Waals surface area contributed by atoms with Gasteiger partial charge in [0.1, 0.15) is 0 Å². The highest BCUT2D eigenvalue weighted by atomic mass is 35.5. The summed E-state index contributed by atoms with van der Waals surface area (Å²) < 4.78 is 0. The van der Waals surface area contributed by atoms with Gasteiger partial charge in [-0.2, -0.15) is 0 Å². The van der Waals surface area contributed by atoms with Gasteiger partial charge in [-0.15, -0.1) is 19.0 Å². The number of hydrogen-bond acceptors (Lipinski definition) is 2. The van der Waals surface area contributed by atoms with E-state index in [1.165, 1.54) is 0 Å². The molecule has 1 saturated heterocycles. The zero-order chi connectivity index (χ0) is 12.7. The van der Waals surface area contributed by atoms with E-state index < -0.39 is 0 Å². The van der Waals surface area contributed by atoms with Crippen molar-refractivity contribution < 1.29 is 4.79 Å². The minimum atomic E-state index is 0. The number of carbonyl (C=O) groups is 1. The number of allylic oxidation sites excluding steroid dienone is 1. The first kappa shape index (κ1) is 17.5. The second-order valence-electron chi connectivity index (χ2n) is 5.21. The second-order valence-corrected chi connectivity index (χ2v) is 5.21. The van der Waals surface area contributed by atoms with Crippen molar-refractivity contribution in [1.29, 1.82) is 0 Å². The summed E-state index contributed by atoms with van der Waals surface area (Å²) in [6, 6.07) is 0.753. The lowest BCUT2D eigenvalue weighted by Gasteiger charge is -2.28. The van der Waals surface area contributed by atoms with Gasteiger partial charge in [-0.1, -0.05) is 6.08 Å². The van der Waals surface area contributed by atoms with Crippen LogP contribution in [0.15, 0.2) is 12.7 Å². The zero-order valence-electron chi connectivity index (χ0n) is 11.6. The summed E-state index contributed by atoms with van der Waals surface area (Å²) in [5.41, 5.74) is 0. The van der Waals surface area contributed by atoms with Gasteiger partial charge in [-0.25, -0.2) is 0 Å². The quantitative estimate of drug-likeness (QED) is 0.578. The number of rotatable bonds is 6. The summed E-state index contributed by atoms with van der Waals surface area (Å²) >= 11 is 0. The monoisotopic (exact) mass is 274 g/mol. The summed E-state index contributed by atoms with van der Waals surface area (Å²) in [6.07, 6.45) is 7.04. The summed E-state index contributed by atoms with van der Waals surface area (Å²) in [5.74, 6) is 0.442. The molecule has 0 radical (unpaired) electrons. The first-order chi connectivity index (χ1) is 8.13. The molecule has 106 valence electrons. The van der Waals surface area contributed by atoms with E-state index in [9.17, 15) is 4.79 Å². The summed E-state index contributed by atoms with van der Waals surface area (Å²) in [7, 11) is 0. The number of nitrogens with one attached hydrogen (secondary N) is 2. The summed E-state index contributed by atoms with van der Waals surface area (Å²) in [5, 5.41) is 6.50. The van der Waals surface area contributed by atoms with Gasteiger partial charge in [0.05, 0.1) is 0 Å². The number of carbonyl (C=O) groups excluding carboxylic acids is 1. The largest absolute Gasteiger partial charge is 0.353 e. The van der Waals surface area contributed by atoms with Crippen molar-refractivity contribution in [3.05, 3.63) is 12.7 Å². The Morgan fingerprint density at radius 3 is 2.94 bits per heavy atom. The topological polar surface area (TPSA) is 41.1 Å². The van der Waals surface area contributed by atoms with Gasteiger partial charge in [-0.05, 0) is 52.5 Å². The van der Waals surface area contributed by atoms with E-state index in [2.05, 4.69) is 31.1 Å². The van der Waals surface area contributed by atoms with Crippen molar-refractivity contribution in [3.8, 4) is 0 Å². The van der Waals surface area contributed by atoms with E-state index >= 15 is 0 Å². The Balaban J connectivity index is 0.00000289. The average molecular weight is 275 g/mol. The maximum Gasteiger partial charge on any atom is 0.223 e. The highest BCUT2D eigenvalue weighted by Gasteiger charge is 2.25. The van der Waals surface area contributed by atoms with E-state index in [0.29, 0.717) is 6.04 Å². The third-order valence-electron chi connectivity index (χ3n) is 3.43. The molecule has 18 heavy (non-hydrogen) atoms. The van der Waals surface area contributed by atoms with Crippen LogP contribution in [0, 0.1) is 5.92 Å².